The quantitative estimate of drug-likeness (QED) is 0.182. The summed E-state index contributed by atoms with van der Waals surface area (Å²) in [6.45, 7) is 7.53. The van der Waals surface area contributed by atoms with Crippen LogP contribution in [0.5, 0.6) is 0 Å². The smallest absolute Gasteiger partial charge is 0.190 e. The molecule has 0 fully saturated rings. The lowest BCUT2D eigenvalue weighted by atomic mass is 9.70. The third-order valence-electron chi connectivity index (χ3n) is 10.3. The van der Waals surface area contributed by atoms with E-state index in [1.54, 1.807) is 12.3 Å². The molecule has 0 saturated carbocycles. The van der Waals surface area contributed by atoms with Gasteiger partial charge in [-0.3, -0.25) is 4.98 Å². The summed E-state index contributed by atoms with van der Waals surface area (Å²) >= 11 is 0. The predicted octanol–water partition coefficient (Wildman–Crippen LogP) is 11.6. The van der Waals surface area contributed by atoms with Crippen LogP contribution < -0.4 is 0 Å². The van der Waals surface area contributed by atoms with Gasteiger partial charge in [0.15, 0.2) is 5.69 Å². The van der Waals surface area contributed by atoms with Gasteiger partial charge in [0, 0.05) is 6.20 Å². The lowest BCUT2D eigenvalue weighted by Gasteiger charge is -2.31. The van der Waals surface area contributed by atoms with Gasteiger partial charge in [-0.2, -0.15) is 0 Å². The van der Waals surface area contributed by atoms with E-state index < -0.39 is 5.41 Å². The zero-order valence-electron chi connectivity index (χ0n) is 25.4. The number of hydrogen-bond donors (Lipinski definition) is 0. The molecule has 2 heteroatoms. The van der Waals surface area contributed by atoms with Gasteiger partial charge >= 0.3 is 0 Å². The topological polar surface area (TPSA) is 17.2 Å². The summed E-state index contributed by atoms with van der Waals surface area (Å²) < 4.78 is 0. The Kier molecular flexibility index (Phi) is 5.30. The van der Waals surface area contributed by atoms with Gasteiger partial charge < -0.3 is 0 Å². The van der Waals surface area contributed by atoms with Gasteiger partial charge in [-0.05, 0) is 107 Å². The van der Waals surface area contributed by atoms with E-state index in [0.29, 0.717) is 5.69 Å². The highest BCUT2D eigenvalue weighted by Crippen LogP contribution is 2.65. The maximum absolute atomic E-state index is 7.53. The summed E-state index contributed by atoms with van der Waals surface area (Å²) in [4.78, 5) is 8.28. The molecule has 47 heavy (non-hydrogen) atoms. The van der Waals surface area contributed by atoms with Crippen molar-refractivity contribution in [3.63, 3.8) is 0 Å². The second-order valence-electron chi connectivity index (χ2n) is 12.5. The molecular weight excluding hydrogens is 569 g/mol. The van der Waals surface area contributed by atoms with Crippen molar-refractivity contribution < 1.29 is 0 Å². The fourth-order valence-electron chi connectivity index (χ4n) is 8.49. The molecule has 0 atom stereocenters. The first-order chi connectivity index (χ1) is 23.3. The van der Waals surface area contributed by atoms with Gasteiger partial charge in [0.25, 0.3) is 0 Å². The molecule has 2 aliphatic rings. The normalized spacial score (nSPS) is 13.3. The van der Waals surface area contributed by atoms with E-state index in [0.717, 1.165) is 16.8 Å². The van der Waals surface area contributed by atoms with Crippen LogP contribution in [0.3, 0.4) is 0 Å². The molecule has 0 N–H and O–H groups in total. The minimum atomic E-state index is -0.455. The van der Waals surface area contributed by atoms with E-state index in [9.17, 15) is 0 Å². The van der Waals surface area contributed by atoms with Crippen molar-refractivity contribution in [3.05, 3.63) is 192 Å². The Labute approximate surface area is 273 Å². The lowest BCUT2D eigenvalue weighted by molar-refractivity contribution is 0.795. The average Bonchev–Trinajstić information content (AvgIpc) is 3.62. The molecule has 0 unspecified atom stereocenters. The van der Waals surface area contributed by atoms with Crippen molar-refractivity contribution in [1.29, 1.82) is 0 Å². The summed E-state index contributed by atoms with van der Waals surface area (Å²) in [5.41, 5.74) is 14.9. The molecule has 216 valence electrons. The second-order valence-corrected chi connectivity index (χ2v) is 12.5. The molecule has 0 aliphatic heterocycles. The van der Waals surface area contributed by atoms with Crippen LogP contribution in [0.15, 0.2) is 158 Å². The van der Waals surface area contributed by atoms with E-state index in [4.69, 9.17) is 6.57 Å². The Morgan fingerprint density at radius 3 is 1.91 bits per heavy atom. The summed E-state index contributed by atoms with van der Waals surface area (Å²) in [6, 6.07) is 55.1. The standard InChI is InChI=1S/C45H26N2/c1-46-31-23-24-47-42(26-31)30-13-10-12-29(25-30)37-27-41-44(36-18-5-4-15-33(36)37)43-32-14-3-2-11-28(32)21-22-40(43)45(41)38-19-8-6-16-34(38)35-17-7-9-20-39(35)45/h2-27H. The zero-order chi connectivity index (χ0) is 31.1. The molecule has 0 amide bonds. The Bertz CT molecular complexity index is 2610. The first kappa shape index (κ1) is 26.0. The SMILES string of the molecule is [C-]#[N+]c1ccnc(-c2cccc(-c3cc4c(c5ccccc35)-c3c(ccc5ccccc35)C43c4ccccc4-c4ccccc43)c2)c1. The second kappa shape index (κ2) is 9.60. The molecule has 8 aromatic rings. The van der Waals surface area contributed by atoms with Crippen molar-refractivity contribution in [3.8, 4) is 44.6 Å². The van der Waals surface area contributed by atoms with E-state index in [2.05, 4.69) is 149 Å². The van der Waals surface area contributed by atoms with Gasteiger partial charge in [0.1, 0.15) is 0 Å². The maximum atomic E-state index is 7.53. The van der Waals surface area contributed by atoms with Crippen molar-refractivity contribution in [2.24, 2.45) is 0 Å². The molecule has 0 saturated heterocycles. The number of nitrogens with zero attached hydrogens (tertiary/aromatic N) is 2. The number of pyridine rings is 1. The van der Waals surface area contributed by atoms with Gasteiger partial charge in [-0.1, -0.05) is 127 Å². The third kappa shape index (κ3) is 3.41. The fraction of sp³-hybridized carbons (Fsp3) is 0.0222. The van der Waals surface area contributed by atoms with Crippen molar-refractivity contribution in [2.45, 2.75) is 5.41 Å². The van der Waals surface area contributed by atoms with E-state index in [1.165, 1.54) is 71.6 Å². The zero-order valence-corrected chi connectivity index (χ0v) is 25.4. The largest absolute Gasteiger partial charge is 0.259 e. The fourth-order valence-corrected chi connectivity index (χ4v) is 8.49. The molecule has 1 heterocycles. The van der Waals surface area contributed by atoms with Gasteiger partial charge in [-0.25, -0.2) is 4.85 Å². The molecule has 7 aromatic carbocycles. The van der Waals surface area contributed by atoms with E-state index >= 15 is 0 Å². The Morgan fingerprint density at radius 1 is 0.468 bits per heavy atom. The summed E-state index contributed by atoms with van der Waals surface area (Å²) in [7, 11) is 0. The number of rotatable bonds is 2. The van der Waals surface area contributed by atoms with Crippen LogP contribution in [0.1, 0.15) is 22.3 Å². The first-order valence-electron chi connectivity index (χ1n) is 16.0. The summed E-state index contributed by atoms with van der Waals surface area (Å²) in [6.07, 6.45) is 1.72. The molecule has 10 rings (SSSR count). The Morgan fingerprint density at radius 2 is 1.13 bits per heavy atom. The van der Waals surface area contributed by atoms with Crippen LogP contribution in [0.2, 0.25) is 0 Å². The minimum absolute atomic E-state index is 0.455. The monoisotopic (exact) mass is 594 g/mol. The van der Waals surface area contributed by atoms with Crippen molar-refractivity contribution in [2.75, 3.05) is 0 Å². The van der Waals surface area contributed by atoms with Gasteiger partial charge in [0.2, 0.25) is 0 Å². The predicted molar refractivity (Wildman–Crippen MR) is 193 cm³/mol. The van der Waals surface area contributed by atoms with Crippen LogP contribution in [0.4, 0.5) is 5.69 Å². The number of fused-ring (bicyclic) bond motifs is 14. The van der Waals surface area contributed by atoms with Gasteiger partial charge in [-0.15, -0.1) is 0 Å². The molecule has 1 aromatic heterocycles. The highest BCUT2D eigenvalue weighted by molar-refractivity contribution is 6.16. The van der Waals surface area contributed by atoms with E-state index in [-0.39, 0.29) is 0 Å². The Balaban J connectivity index is 1.36. The van der Waals surface area contributed by atoms with Crippen LogP contribution in [-0.4, -0.2) is 4.98 Å². The first-order valence-corrected chi connectivity index (χ1v) is 16.0. The van der Waals surface area contributed by atoms with Crippen LogP contribution in [-0.2, 0) is 5.41 Å². The number of benzene rings is 7. The Hall–Kier alpha value is -6.30. The number of hydrogen-bond acceptors (Lipinski definition) is 1. The maximum Gasteiger partial charge on any atom is 0.190 e. The lowest BCUT2D eigenvalue weighted by Crippen LogP contribution is -2.26. The van der Waals surface area contributed by atoms with Crippen LogP contribution in [0.25, 0.3) is 71.0 Å². The number of aromatic nitrogens is 1. The van der Waals surface area contributed by atoms with Gasteiger partial charge in [0.05, 0.1) is 17.7 Å². The van der Waals surface area contributed by atoms with E-state index in [1.807, 2.05) is 6.07 Å². The molecule has 1 spiro atoms. The highest BCUT2D eigenvalue weighted by atomic mass is 14.7. The minimum Gasteiger partial charge on any atom is -0.259 e. The third-order valence-corrected chi connectivity index (χ3v) is 10.3. The van der Waals surface area contributed by atoms with Crippen molar-refractivity contribution >= 4 is 27.2 Å². The highest BCUT2D eigenvalue weighted by Gasteiger charge is 2.52. The molecule has 2 aliphatic carbocycles. The average molecular weight is 595 g/mol. The van der Waals surface area contributed by atoms with Crippen LogP contribution in [0, 0.1) is 6.57 Å². The summed E-state index contributed by atoms with van der Waals surface area (Å²) in [5.74, 6) is 0. The van der Waals surface area contributed by atoms with Crippen molar-refractivity contribution in [1.82, 2.24) is 4.98 Å². The van der Waals surface area contributed by atoms with Crippen LogP contribution >= 0.6 is 0 Å². The molecule has 2 nitrogen and oxygen atoms in total. The molecule has 0 bridgehead atoms. The molecular formula is C45H26N2. The summed E-state index contributed by atoms with van der Waals surface area (Å²) in [5, 5.41) is 5.02. The molecule has 0 radical (unpaired) electrons.